The molecule has 0 amide bonds. The van der Waals surface area contributed by atoms with Crippen molar-refractivity contribution in [2.75, 3.05) is 13.6 Å². The molecule has 0 N–H and O–H groups in total. The van der Waals surface area contributed by atoms with Gasteiger partial charge in [0.15, 0.2) is 0 Å². The fourth-order valence-corrected chi connectivity index (χ4v) is 3.86. The molecule has 92 valence electrons. The van der Waals surface area contributed by atoms with Gasteiger partial charge in [0.25, 0.3) is 0 Å². The Morgan fingerprint density at radius 1 is 1.38 bits per heavy atom. The fraction of sp³-hybridized carbons (Fsp3) is 0.929. The highest BCUT2D eigenvalue weighted by molar-refractivity contribution is 5.81. The molecule has 0 bridgehead atoms. The van der Waals surface area contributed by atoms with Gasteiger partial charge in [-0.1, -0.05) is 20.3 Å². The number of fused-ring (bicyclic) bond motifs is 1. The van der Waals surface area contributed by atoms with Crippen molar-refractivity contribution in [3.8, 4) is 0 Å². The minimum absolute atomic E-state index is 0.184. The van der Waals surface area contributed by atoms with Crippen LogP contribution in [0, 0.1) is 17.3 Å². The zero-order chi connectivity index (χ0) is 11.9. The Morgan fingerprint density at radius 3 is 2.69 bits per heavy atom. The van der Waals surface area contributed by atoms with Crippen LogP contribution in [0.2, 0.25) is 0 Å². The van der Waals surface area contributed by atoms with Crippen molar-refractivity contribution in [3.63, 3.8) is 0 Å². The first-order chi connectivity index (χ1) is 7.42. The summed E-state index contributed by atoms with van der Waals surface area (Å²) in [7, 11) is 2.12. The van der Waals surface area contributed by atoms with E-state index >= 15 is 0 Å². The third-order valence-corrected chi connectivity index (χ3v) is 5.00. The minimum Gasteiger partial charge on any atom is -0.298 e. The van der Waals surface area contributed by atoms with E-state index in [1.807, 2.05) is 0 Å². The number of carbonyl (C=O) groups excluding carboxylic acids is 1. The van der Waals surface area contributed by atoms with Crippen LogP contribution >= 0.6 is 0 Å². The second-order valence-electron chi connectivity index (χ2n) is 6.51. The number of rotatable bonds is 1. The van der Waals surface area contributed by atoms with Gasteiger partial charge in [0, 0.05) is 6.54 Å². The van der Waals surface area contributed by atoms with Gasteiger partial charge in [-0.15, -0.1) is 0 Å². The summed E-state index contributed by atoms with van der Waals surface area (Å²) in [5.74, 6) is 1.97. The highest BCUT2D eigenvalue weighted by Crippen LogP contribution is 2.48. The topological polar surface area (TPSA) is 20.3 Å². The molecular weight excluding hydrogens is 198 g/mol. The third kappa shape index (κ3) is 2.04. The van der Waals surface area contributed by atoms with Gasteiger partial charge in [0.1, 0.15) is 5.78 Å². The molecule has 0 spiro atoms. The number of likely N-dealkylation sites (tertiary alicyclic amines) is 1. The van der Waals surface area contributed by atoms with Gasteiger partial charge in [-0.25, -0.2) is 0 Å². The first-order valence-electron chi connectivity index (χ1n) is 6.63. The van der Waals surface area contributed by atoms with Crippen molar-refractivity contribution in [2.45, 2.75) is 52.5 Å². The van der Waals surface area contributed by atoms with Crippen LogP contribution < -0.4 is 0 Å². The van der Waals surface area contributed by atoms with Crippen molar-refractivity contribution in [2.24, 2.45) is 17.3 Å². The number of hydrogen-bond donors (Lipinski definition) is 0. The van der Waals surface area contributed by atoms with E-state index in [0.717, 1.165) is 24.8 Å². The summed E-state index contributed by atoms with van der Waals surface area (Å²) in [6.07, 6.45) is 5.13. The smallest absolute Gasteiger partial charge is 0.146 e. The molecule has 1 saturated heterocycles. The largest absolute Gasteiger partial charge is 0.298 e. The molecule has 16 heavy (non-hydrogen) atoms. The van der Waals surface area contributed by atoms with Crippen molar-refractivity contribution in [1.29, 1.82) is 0 Å². The van der Waals surface area contributed by atoms with Crippen molar-refractivity contribution in [3.05, 3.63) is 0 Å². The van der Waals surface area contributed by atoms with Crippen molar-refractivity contribution in [1.82, 2.24) is 4.90 Å². The number of likely N-dealkylation sites (N-methyl/N-ethyl adjacent to an activating group) is 1. The summed E-state index contributed by atoms with van der Waals surface area (Å²) in [6, 6.07) is 0.184. The van der Waals surface area contributed by atoms with Gasteiger partial charge >= 0.3 is 0 Å². The molecule has 2 rings (SSSR count). The van der Waals surface area contributed by atoms with Gasteiger partial charge in [0.2, 0.25) is 0 Å². The maximum absolute atomic E-state index is 11.6. The van der Waals surface area contributed by atoms with Crippen LogP contribution in [0.25, 0.3) is 0 Å². The highest BCUT2D eigenvalue weighted by Gasteiger charge is 2.45. The molecule has 1 aliphatic carbocycles. The lowest BCUT2D eigenvalue weighted by molar-refractivity contribution is -0.127. The van der Waals surface area contributed by atoms with E-state index in [-0.39, 0.29) is 6.04 Å². The second kappa shape index (κ2) is 4.14. The fourth-order valence-electron chi connectivity index (χ4n) is 3.86. The Kier molecular flexibility index (Phi) is 3.13. The Labute approximate surface area is 99.4 Å². The van der Waals surface area contributed by atoms with Crippen LogP contribution in [0.15, 0.2) is 0 Å². The molecule has 0 aromatic heterocycles. The second-order valence-corrected chi connectivity index (χ2v) is 6.51. The standard InChI is InChI=1S/C14H25NO/c1-10-5-6-14(3)9-15(4)13(11(2)16)8-12(14)7-10/h10,12-13H,5-9H2,1-4H3/t10-,12-,13+,14+/m1/s1. The van der Waals surface area contributed by atoms with E-state index < -0.39 is 0 Å². The van der Waals surface area contributed by atoms with Crippen LogP contribution in [0.5, 0.6) is 0 Å². The molecular formula is C14H25NO. The lowest BCUT2D eigenvalue weighted by Crippen LogP contribution is -2.54. The van der Waals surface area contributed by atoms with E-state index in [2.05, 4.69) is 25.8 Å². The molecule has 1 saturated carbocycles. The summed E-state index contributed by atoms with van der Waals surface area (Å²) in [4.78, 5) is 13.9. The van der Waals surface area contributed by atoms with Gasteiger partial charge in [-0.05, 0) is 50.5 Å². The van der Waals surface area contributed by atoms with Crippen LogP contribution in [0.1, 0.15) is 46.5 Å². The number of Topliss-reactive ketones (excluding diaryl/α,β-unsaturated/α-hetero) is 1. The van der Waals surface area contributed by atoms with Crippen molar-refractivity contribution < 1.29 is 4.79 Å². The minimum atomic E-state index is 0.184. The average Bonchev–Trinajstić information content (AvgIpc) is 2.18. The molecule has 1 aliphatic heterocycles. The summed E-state index contributed by atoms with van der Waals surface area (Å²) in [6.45, 7) is 7.64. The van der Waals surface area contributed by atoms with E-state index in [0.29, 0.717) is 11.2 Å². The predicted molar refractivity (Wildman–Crippen MR) is 66.3 cm³/mol. The third-order valence-electron chi connectivity index (χ3n) is 5.00. The van der Waals surface area contributed by atoms with E-state index in [1.54, 1.807) is 6.92 Å². The molecule has 0 unspecified atom stereocenters. The average molecular weight is 223 g/mol. The Balaban J connectivity index is 2.14. The molecule has 2 nitrogen and oxygen atoms in total. The van der Waals surface area contributed by atoms with Gasteiger partial charge in [-0.3, -0.25) is 9.69 Å². The summed E-state index contributed by atoms with van der Waals surface area (Å²) in [5, 5.41) is 0. The van der Waals surface area contributed by atoms with E-state index in [4.69, 9.17) is 0 Å². The number of piperidine rings is 1. The van der Waals surface area contributed by atoms with Gasteiger partial charge in [0.05, 0.1) is 6.04 Å². The summed E-state index contributed by atoms with van der Waals surface area (Å²) < 4.78 is 0. The lowest BCUT2D eigenvalue weighted by Gasteiger charge is -2.52. The molecule has 1 heterocycles. The number of carbonyl (C=O) groups is 1. The van der Waals surface area contributed by atoms with Gasteiger partial charge < -0.3 is 0 Å². The van der Waals surface area contributed by atoms with Crippen LogP contribution in [0.4, 0.5) is 0 Å². The zero-order valence-corrected chi connectivity index (χ0v) is 11.1. The van der Waals surface area contributed by atoms with E-state index in [9.17, 15) is 4.79 Å². The molecule has 0 radical (unpaired) electrons. The number of nitrogens with zero attached hydrogens (tertiary/aromatic N) is 1. The first kappa shape index (κ1) is 12.1. The number of hydrogen-bond acceptors (Lipinski definition) is 2. The van der Waals surface area contributed by atoms with Crippen LogP contribution in [0.3, 0.4) is 0 Å². The SMILES string of the molecule is CC(=O)[C@@H]1C[C@H]2C[C@H](C)CC[C@@]2(C)CN1C. The molecule has 2 aliphatic rings. The predicted octanol–water partition coefficient (Wildman–Crippen LogP) is 2.72. The van der Waals surface area contributed by atoms with Crippen molar-refractivity contribution >= 4 is 5.78 Å². The summed E-state index contributed by atoms with van der Waals surface area (Å²) in [5.41, 5.74) is 0.465. The first-order valence-corrected chi connectivity index (χ1v) is 6.63. The molecule has 2 heteroatoms. The normalized spacial score (nSPS) is 45.1. The zero-order valence-electron chi connectivity index (χ0n) is 11.1. The van der Waals surface area contributed by atoms with Gasteiger partial charge in [-0.2, -0.15) is 0 Å². The molecule has 4 atom stereocenters. The number of ketones is 1. The maximum atomic E-state index is 11.6. The Morgan fingerprint density at radius 2 is 2.06 bits per heavy atom. The Bertz CT molecular complexity index is 288. The monoisotopic (exact) mass is 223 g/mol. The molecule has 2 fully saturated rings. The summed E-state index contributed by atoms with van der Waals surface area (Å²) >= 11 is 0. The highest BCUT2D eigenvalue weighted by atomic mass is 16.1. The van der Waals surface area contributed by atoms with Crippen LogP contribution in [-0.2, 0) is 4.79 Å². The lowest BCUT2D eigenvalue weighted by atomic mass is 9.60. The Hall–Kier alpha value is -0.370. The molecule has 0 aromatic rings. The molecule has 0 aromatic carbocycles. The van der Waals surface area contributed by atoms with Crippen LogP contribution in [-0.4, -0.2) is 30.3 Å². The van der Waals surface area contributed by atoms with E-state index in [1.165, 1.54) is 19.3 Å². The quantitative estimate of drug-likeness (QED) is 0.681. The maximum Gasteiger partial charge on any atom is 0.146 e.